The number of carboxylic acids is 1. The minimum atomic E-state index is -3.49. The number of ether oxygens (including phenoxy) is 1. The van der Waals surface area contributed by atoms with E-state index in [1.807, 2.05) is 10.9 Å². The summed E-state index contributed by atoms with van der Waals surface area (Å²) in [7, 11) is -3.49. The van der Waals surface area contributed by atoms with Gasteiger partial charge in [-0.1, -0.05) is 11.6 Å². The molecular formula is C17H20ClN3O10S. The molecule has 0 radical (unpaired) electrons. The first-order chi connectivity index (χ1) is 14.8. The van der Waals surface area contributed by atoms with Crippen LogP contribution in [-0.2, 0) is 25.0 Å². The van der Waals surface area contributed by atoms with Crippen molar-refractivity contribution in [2.24, 2.45) is 0 Å². The Bertz CT molecular complexity index is 1010. The molecule has 0 spiro atoms. The van der Waals surface area contributed by atoms with E-state index in [1.165, 1.54) is 0 Å². The molecule has 0 aromatic heterocycles. The van der Waals surface area contributed by atoms with Gasteiger partial charge in [-0.3, -0.25) is 15.0 Å². The third-order valence-electron chi connectivity index (χ3n) is 4.83. The molecule has 1 aromatic rings. The van der Waals surface area contributed by atoms with Crippen molar-refractivity contribution in [2.75, 3.05) is 6.61 Å². The lowest BCUT2D eigenvalue weighted by molar-refractivity contribution is -0.163. The van der Waals surface area contributed by atoms with Crippen LogP contribution < -0.4 is 10.9 Å². The van der Waals surface area contributed by atoms with E-state index in [0.29, 0.717) is 0 Å². The van der Waals surface area contributed by atoms with E-state index in [1.54, 1.807) is 6.92 Å². The Hall–Kier alpha value is -3.26. The van der Waals surface area contributed by atoms with Crippen LogP contribution in [-0.4, -0.2) is 76.0 Å². The molecule has 1 aromatic carbocycles. The normalized spacial score (nSPS) is 18.3. The summed E-state index contributed by atoms with van der Waals surface area (Å²) in [5.41, 5.74) is 3.48. The molecule has 1 aliphatic heterocycles. The van der Waals surface area contributed by atoms with E-state index in [4.69, 9.17) is 16.3 Å². The van der Waals surface area contributed by atoms with Gasteiger partial charge in [-0.25, -0.2) is 23.4 Å². The van der Waals surface area contributed by atoms with Gasteiger partial charge >= 0.3 is 12.1 Å². The molecule has 32 heavy (non-hydrogen) atoms. The van der Waals surface area contributed by atoms with Gasteiger partial charge in [0.25, 0.3) is 5.91 Å². The number of phenolic OH excluding ortho intramolecular Hbond substituents is 2. The molecule has 15 heteroatoms. The van der Waals surface area contributed by atoms with Crippen molar-refractivity contribution >= 4 is 46.2 Å². The first kappa shape index (κ1) is 25.0. The number of nitrogens with one attached hydrogen (secondary N) is 2. The van der Waals surface area contributed by atoms with Crippen LogP contribution in [0.5, 0.6) is 11.5 Å². The average molecular weight is 494 g/mol. The molecule has 3 atom stereocenters. The number of benzene rings is 1. The number of carbonyl (C=O) groups excluding carboxylic acids is 3. The molecule has 1 heterocycles. The number of thiol groups is 1. The minimum Gasteiger partial charge on any atom is -0.504 e. The second-order valence-electron chi connectivity index (χ2n) is 7.19. The number of amides is 3. The van der Waals surface area contributed by atoms with Gasteiger partial charge in [0.2, 0.25) is 5.91 Å². The summed E-state index contributed by atoms with van der Waals surface area (Å²) in [4.78, 5) is 48.4. The van der Waals surface area contributed by atoms with Gasteiger partial charge in [0.05, 0.1) is 5.02 Å². The Balaban J connectivity index is 2.06. The third-order valence-corrected chi connectivity index (χ3v) is 6.33. The van der Waals surface area contributed by atoms with Crippen LogP contribution in [0.25, 0.3) is 0 Å². The van der Waals surface area contributed by atoms with Crippen LogP contribution in [0.2, 0.25) is 5.02 Å². The summed E-state index contributed by atoms with van der Waals surface area (Å²) in [6.45, 7) is 1.63. The average Bonchev–Trinajstić information content (AvgIpc) is 2.71. The fourth-order valence-electron chi connectivity index (χ4n) is 3.05. The van der Waals surface area contributed by atoms with Crippen LogP contribution in [0.1, 0.15) is 30.6 Å². The number of nitrogens with zero attached hydrogens (tertiary/aromatic N) is 1. The number of carboxylic acid groups (broad SMARTS) is 1. The van der Waals surface area contributed by atoms with Crippen molar-refractivity contribution in [2.45, 2.75) is 37.1 Å². The maximum Gasteiger partial charge on any atom is 0.426 e. The van der Waals surface area contributed by atoms with Crippen molar-refractivity contribution in [3.63, 3.8) is 0 Å². The van der Waals surface area contributed by atoms with Gasteiger partial charge in [0.1, 0.15) is 11.4 Å². The smallest absolute Gasteiger partial charge is 0.426 e. The number of likely N-dealkylation sites (tertiary alicyclic amines) is 1. The topological polar surface area (TPSA) is 200 Å². The van der Waals surface area contributed by atoms with Crippen molar-refractivity contribution in [3.05, 3.63) is 22.7 Å². The summed E-state index contributed by atoms with van der Waals surface area (Å²) in [5.74, 6) is -4.45. The summed E-state index contributed by atoms with van der Waals surface area (Å²) in [5, 5.41) is 28.1. The highest BCUT2D eigenvalue weighted by molar-refractivity contribution is 7.74. The van der Waals surface area contributed by atoms with Crippen LogP contribution in [0.4, 0.5) is 4.79 Å². The van der Waals surface area contributed by atoms with Gasteiger partial charge in [0, 0.05) is 18.0 Å². The second-order valence-corrected chi connectivity index (χ2v) is 9.13. The Morgan fingerprint density at radius 2 is 1.94 bits per heavy atom. The van der Waals surface area contributed by atoms with E-state index in [-0.39, 0.29) is 17.0 Å². The number of halogens is 1. The highest BCUT2D eigenvalue weighted by Crippen LogP contribution is 2.34. The number of aliphatic carboxylic acids is 1. The van der Waals surface area contributed by atoms with Crippen LogP contribution in [0.3, 0.4) is 0 Å². The van der Waals surface area contributed by atoms with E-state index in [0.717, 1.165) is 24.0 Å². The standard InChI is InChI=1S/C17H20ClN3O10S/c1-7-3-11(23)21(7)13(15(26)27)17(2,32(29)30)6-31-16(28)20-19-14(25)8-4-9(18)12(24)10(22)5-8/h4-5,7,13,22,24,32H,3,6H2,1-2H3,(H,19,25)(H,20,28)(H,26,27)/t7-,13+,17+/m1/s1. The van der Waals surface area contributed by atoms with Gasteiger partial charge in [-0.05, 0) is 26.0 Å². The lowest BCUT2D eigenvalue weighted by atomic mass is 9.92. The van der Waals surface area contributed by atoms with E-state index < -0.39 is 69.5 Å². The predicted molar refractivity (Wildman–Crippen MR) is 108 cm³/mol. The van der Waals surface area contributed by atoms with E-state index in [2.05, 4.69) is 0 Å². The maximum absolute atomic E-state index is 12.0. The fraction of sp³-hybridized carbons (Fsp3) is 0.412. The molecule has 176 valence electrons. The van der Waals surface area contributed by atoms with Crippen molar-refractivity contribution in [3.8, 4) is 11.5 Å². The summed E-state index contributed by atoms with van der Waals surface area (Å²) < 4.78 is 26.4. The summed E-state index contributed by atoms with van der Waals surface area (Å²) in [6, 6.07) is -0.449. The maximum atomic E-state index is 12.0. The number of hydrogen-bond donors (Lipinski definition) is 6. The highest BCUT2D eigenvalue weighted by Gasteiger charge is 2.53. The van der Waals surface area contributed by atoms with Gasteiger partial charge in [-0.2, -0.15) is 0 Å². The molecule has 0 unspecified atom stereocenters. The number of rotatable bonds is 7. The zero-order valence-corrected chi connectivity index (χ0v) is 18.3. The lowest BCUT2D eigenvalue weighted by Gasteiger charge is -2.46. The number of phenols is 2. The monoisotopic (exact) mass is 493 g/mol. The molecule has 0 aliphatic carbocycles. The van der Waals surface area contributed by atoms with Crippen LogP contribution in [0.15, 0.2) is 12.1 Å². The first-order valence-electron chi connectivity index (χ1n) is 8.92. The largest absolute Gasteiger partial charge is 0.504 e. The molecular weight excluding hydrogens is 474 g/mol. The zero-order chi connectivity index (χ0) is 24.4. The molecule has 0 bridgehead atoms. The number of β-lactam (4-membered cyclic amide) rings is 1. The summed E-state index contributed by atoms with van der Waals surface area (Å²) >= 11 is 5.64. The van der Waals surface area contributed by atoms with E-state index >= 15 is 0 Å². The lowest BCUT2D eigenvalue weighted by Crippen LogP contribution is -2.67. The predicted octanol–water partition coefficient (Wildman–Crippen LogP) is -0.434. The van der Waals surface area contributed by atoms with Crippen molar-refractivity contribution < 1.29 is 47.7 Å². The molecule has 5 N–H and O–H groups in total. The number of hydrazine groups is 1. The van der Waals surface area contributed by atoms with Crippen molar-refractivity contribution in [1.82, 2.24) is 15.8 Å². The van der Waals surface area contributed by atoms with Gasteiger partial charge in [0.15, 0.2) is 28.2 Å². The molecule has 1 fully saturated rings. The summed E-state index contributed by atoms with van der Waals surface area (Å²) in [6.07, 6.45) is -1.28. The minimum absolute atomic E-state index is 0.0553. The number of hydrogen-bond acceptors (Lipinski definition) is 9. The Labute approximate surface area is 187 Å². The SMILES string of the molecule is C[C@@H]1CC(=O)N1[C@@H](C(=O)O)[C@](C)(COC(=O)NNC(=O)c1cc(O)c(O)c(Cl)c1)[SH](=O)=O. The molecule has 2 rings (SSSR count). The molecule has 13 nitrogen and oxygen atoms in total. The number of carbonyl (C=O) groups is 4. The van der Waals surface area contributed by atoms with Crippen LogP contribution >= 0.6 is 11.6 Å². The molecule has 1 saturated heterocycles. The Morgan fingerprint density at radius 1 is 1.31 bits per heavy atom. The molecule has 3 amide bonds. The fourth-order valence-corrected chi connectivity index (χ4v) is 3.87. The molecule has 1 aliphatic rings. The third kappa shape index (κ3) is 4.96. The second kappa shape index (κ2) is 9.48. The molecule has 0 saturated carbocycles. The number of aromatic hydroxyl groups is 2. The quantitative estimate of drug-likeness (QED) is 0.125. The van der Waals surface area contributed by atoms with Gasteiger partial charge in [-0.15, -0.1) is 0 Å². The van der Waals surface area contributed by atoms with Crippen LogP contribution in [0, 0.1) is 0 Å². The van der Waals surface area contributed by atoms with Gasteiger partial charge < -0.3 is 25.0 Å². The van der Waals surface area contributed by atoms with E-state index in [9.17, 15) is 42.9 Å². The Morgan fingerprint density at radius 3 is 2.41 bits per heavy atom. The zero-order valence-electron chi connectivity index (χ0n) is 16.7. The first-order valence-corrected chi connectivity index (χ1v) is 10.5. The highest BCUT2D eigenvalue weighted by atomic mass is 35.5. The van der Waals surface area contributed by atoms with Crippen molar-refractivity contribution in [1.29, 1.82) is 0 Å². The Kier molecular flexibility index (Phi) is 7.41.